The van der Waals surface area contributed by atoms with Crippen LogP contribution in [0.5, 0.6) is 0 Å². The molecule has 0 N–H and O–H groups in total. The molecule has 0 aliphatic rings. The summed E-state index contributed by atoms with van der Waals surface area (Å²) in [5.74, 6) is 0.497. The molecular formula is C19H36BO. The number of hydrogen-bond acceptors (Lipinski definition) is 1. The van der Waals surface area contributed by atoms with Gasteiger partial charge in [0.05, 0.1) is 0 Å². The molecule has 1 nitrogen and oxygen atoms in total. The van der Waals surface area contributed by atoms with Crippen LogP contribution in [-0.4, -0.2) is 13.0 Å². The van der Waals surface area contributed by atoms with Crippen molar-refractivity contribution in [2.24, 2.45) is 0 Å². The van der Waals surface area contributed by atoms with Crippen molar-refractivity contribution in [3.05, 3.63) is 12.2 Å². The van der Waals surface area contributed by atoms with E-state index in [1.54, 1.807) is 6.08 Å². The molecule has 0 aliphatic heterocycles. The van der Waals surface area contributed by atoms with Gasteiger partial charge in [0.2, 0.25) is 7.28 Å². The molecule has 0 spiro atoms. The average Bonchev–Trinajstić information content (AvgIpc) is 2.46. The van der Waals surface area contributed by atoms with Crippen LogP contribution in [0.15, 0.2) is 12.2 Å². The highest BCUT2D eigenvalue weighted by Crippen LogP contribution is 2.23. The third-order valence-corrected chi connectivity index (χ3v) is 4.09. The lowest BCUT2D eigenvalue weighted by Crippen LogP contribution is -2.14. The SMILES string of the molecule is C/C=C/C(=O)[B]C(CCCCCCC)CCCCCCC. The molecule has 0 saturated carbocycles. The van der Waals surface area contributed by atoms with Gasteiger partial charge in [-0.2, -0.15) is 0 Å². The van der Waals surface area contributed by atoms with Gasteiger partial charge < -0.3 is 4.79 Å². The largest absolute Gasteiger partial charge is 0.307 e. The molecule has 0 saturated heterocycles. The van der Waals surface area contributed by atoms with Gasteiger partial charge in [0, 0.05) is 0 Å². The Morgan fingerprint density at radius 3 is 1.76 bits per heavy atom. The van der Waals surface area contributed by atoms with E-state index in [-0.39, 0.29) is 5.68 Å². The van der Waals surface area contributed by atoms with Crippen LogP contribution in [-0.2, 0) is 4.79 Å². The second kappa shape index (κ2) is 15.9. The van der Waals surface area contributed by atoms with E-state index in [2.05, 4.69) is 13.8 Å². The highest BCUT2D eigenvalue weighted by molar-refractivity contribution is 6.77. The highest BCUT2D eigenvalue weighted by atomic mass is 16.1. The number of rotatable bonds is 15. The van der Waals surface area contributed by atoms with Gasteiger partial charge in [-0.05, 0) is 13.0 Å². The first-order valence-corrected chi connectivity index (χ1v) is 9.26. The number of carbonyl (C=O) groups excluding carboxylic acids is 1. The molecule has 0 aromatic carbocycles. The Hall–Kier alpha value is -0.525. The fraction of sp³-hybridized carbons (Fsp3) is 0.842. The van der Waals surface area contributed by atoms with Gasteiger partial charge in [-0.1, -0.05) is 103 Å². The van der Waals surface area contributed by atoms with Crippen LogP contribution in [0, 0.1) is 0 Å². The summed E-state index contributed by atoms with van der Waals surface area (Å²) >= 11 is 0. The summed E-state index contributed by atoms with van der Waals surface area (Å²) in [4.78, 5) is 11.8. The maximum absolute atomic E-state index is 11.8. The third-order valence-electron chi connectivity index (χ3n) is 4.09. The Balaban J connectivity index is 3.93. The van der Waals surface area contributed by atoms with E-state index < -0.39 is 0 Å². The smallest absolute Gasteiger partial charge is 0.211 e. The second-order valence-corrected chi connectivity index (χ2v) is 6.23. The van der Waals surface area contributed by atoms with Crippen molar-refractivity contribution >= 4 is 13.0 Å². The van der Waals surface area contributed by atoms with Gasteiger partial charge in [-0.3, -0.25) is 0 Å². The first-order valence-electron chi connectivity index (χ1n) is 9.26. The van der Waals surface area contributed by atoms with E-state index in [4.69, 9.17) is 0 Å². The van der Waals surface area contributed by atoms with E-state index in [1.165, 1.54) is 77.0 Å². The van der Waals surface area contributed by atoms with Crippen molar-refractivity contribution in [1.29, 1.82) is 0 Å². The zero-order chi connectivity index (χ0) is 15.8. The molecular weight excluding hydrogens is 255 g/mol. The van der Waals surface area contributed by atoms with Gasteiger partial charge in [-0.25, -0.2) is 0 Å². The van der Waals surface area contributed by atoms with Crippen molar-refractivity contribution in [3.8, 4) is 0 Å². The summed E-state index contributed by atoms with van der Waals surface area (Å²) in [6.07, 6.45) is 19.1. The molecule has 0 aromatic heterocycles. The van der Waals surface area contributed by atoms with E-state index in [1.807, 2.05) is 20.3 Å². The molecule has 0 heterocycles. The maximum atomic E-state index is 11.8. The molecule has 0 amide bonds. The van der Waals surface area contributed by atoms with Crippen molar-refractivity contribution in [2.45, 2.75) is 104 Å². The van der Waals surface area contributed by atoms with E-state index >= 15 is 0 Å². The molecule has 0 atom stereocenters. The fourth-order valence-corrected chi connectivity index (χ4v) is 2.78. The third kappa shape index (κ3) is 14.2. The predicted molar refractivity (Wildman–Crippen MR) is 96.1 cm³/mol. The lowest BCUT2D eigenvalue weighted by atomic mass is 9.57. The monoisotopic (exact) mass is 291 g/mol. The minimum atomic E-state index is 0.199. The van der Waals surface area contributed by atoms with Crippen molar-refractivity contribution in [3.63, 3.8) is 0 Å². The Labute approximate surface area is 134 Å². The summed E-state index contributed by atoms with van der Waals surface area (Å²) in [6, 6.07) is 0. The lowest BCUT2D eigenvalue weighted by Gasteiger charge is -2.14. The highest BCUT2D eigenvalue weighted by Gasteiger charge is 2.14. The van der Waals surface area contributed by atoms with Gasteiger partial charge >= 0.3 is 0 Å². The number of allylic oxidation sites excluding steroid dienone is 2. The van der Waals surface area contributed by atoms with E-state index in [9.17, 15) is 4.79 Å². The standard InChI is InChI=1S/C19H36BO/c1-4-7-9-11-13-16-18(20-19(21)15-6-3)17-14-12-10-8-5-2/h6,15,18H,4-5,7-14,16-17H2,1-3H3/b15-6+. The summed E-state index contributed by atoms with van der Waals surface area (Å²) in [5.41, 5.74) is 0.199. The summed E-state index contributed by atoms with van der Waals surface area (Å²) in [7, 11) is 1.97. The Morgan fingerprint density at radius 1 is 0.857 bits per heavy atom. The quantitative estimate of drug-likeness (QED) is 0.196. The molecule has 1 radical (unpaired) electrons. The molecule has 2 heteroatoms. The zero-order valence-corrected chi connectivity index (χ0v) is 14.7. The fourth-order valence-electron chi connectivity index (χ4n) is 2.78. The van der Waals surface area contributed by atoms with Crippen LogP contribution in [0.2, 0.25) is 5.82 Å². The zero-order valence-electron chi connectivity index (χ0n) is 14.7. The summed E-state index contributed by atoms with van der Waals surface area (Å²) in [6.45, 7) is 6.42. The van der Waals surface area contributed by atoms with Crippen LogP contribution in [0.3, 0.4) is 0 Å². The van der Waals surface area contributed by atoms with Crippen LogP contribution in [0.25, 0.3) is 0 Å². The molecule has 0 aromatic rings. The van der Waals surface area contributed by atoms with Crippen LogP contribution >= 0.6 is 0 Å². The van der Waals surface area contributed by atoms with E-state index in [0.29, 0.717) is 5.82 Å². The van der Waals surface area contributed by atoms with Crippen molar-refractivity contribution < 1.29 is 4.79 Å². The molecule has 0 rings (SSSR count). The van der Waals surface area contributed by atoms with Gasteiger partial charge in [0.1, 0.15) is 5.68 Å². The molecule has 0 aliphatic carbocycles. The Kier molecular flexibility index (Phi) is 15.5. The Bertz CT molecular complexity index is 246. The van der Waals surface area contributed by atoms with Gasteiger partial charge in [0.15, 0.2) is 0 Å². The minimum Gasteiger partial charge on any atom is -0.307 e. The predicted octanol–water partition coefficient (Wildman–Crippen LogP) is 6.30. The van der Waals surface area contributed by atoms with E-state index in [0.717, 1.165) is 0 Å². The average molecular weight is 291 g/mol. The maximum Gasteiger partial charge on any atom is 0.211 e. The van der Waals surface area contributed by atoms with Gasteiger partial charge in [0.25, 0.3) is 0 Å². The van der Waals surface area contributed by atoms with Gasteiger partial charge in [-0.15, -0.1) is 0 Å². The second-order valence-electron chi connectivity index (χ2n) is 6.23. The van der Waals surface area contributed by atoms with Crippen molar-refractivity contribution in [2.75, 3.05) is 0 Å². The first kappa shape index (κ1) is 20.5. The topological polar surface area (TPSA) is 17.1 Å². The molecule has 121 valence electrons. The number of carbonyl (C=O) groups is 1. The van der Waals surface area contributed by atoms with Crippen LogP contribution < -0.4 is 0 Å². The number of hydrogen-bond donors (Lipinski definition) is 0. The first-order chi connectivity index (χ1) is 10.2. The van der Waals surface area contributed by atoms with Crippen molar-refractivity contribution in [1.82, 2.24) is 0 Å². The molecule has 21 heavy (non-hydrogen) atoms. The van der Waals surface area contributed by atoms with Crippen LogP contribution in [0.1, 0.15) is 97.8 Å². The number of unbranched alkanes of at least 4 members (excludes halogenated alkanes) is 8. The normalized spacial score (nSPS) is 11.4. The summed E-state index contributed by atoms with van der Waals surface area (Å²) in [5, 5.41) is 0. The molecule has 0 bridgehead atoms. The minimum absolute atomic E-state index is 0.199. The molecule has 0 unspecified atom stereocenters. The van der Waals surface area contributed by atoms with Crippen LogP contribution in [0.4, 0.5) is 0 Å². The Morgan fingerprint density at radius 2 is 1.33 bits per heavy atom. The summed E-state index contributed by atoms with van der Waals surface area (Å²) < 4.78 is 0. The lowest BCUT2D eigenvalue weighted by molar-refractivity contribution is -0.108. The molecule has 0 fully saturated rings.